The highest BCUT2D eigenvalue weighted by atomic mass is 79.9. The molecule has 2 N–H and O–H groups in total. The molecule has 0 unspecified atom stereocenters. The van der Waals surface area contributed by atoms with E-state index >= 15 is 0 Å². The van der Waals surface area contributed by atoms with E-state index in [-0.39, 0.29) is 21.3 Å². The number of nitrogen functional groups attached to an aromatic ring is 1. The molecule has 20 heavy (non-hydrogen) atoms. The Hall–Kier alpha value is -1.95. The summed E-state index contributed by atoms with van der Waals surface area (Å²) in [5.74, 6) is -1.66. The smallest absolute Gasteiger partial charge is 0.197 e. The Bertz CT molecular complexity index is 689. The van der Waals surface area contributed by atoms with E-state index in [1.54, 1.807) is 0 Å². The molecule has 0 aliphatic rings. The SMILES string of the molecule is COc1ccc(C(=O)c2cc(N)c(F)cc2Br)c(F)c1. The van der Waals surface area contributed by atoms with E-state index in [0.29, 0.717) is 5.75 Å². The van der Waals surface area contributed by atoms with Crippen LogP contribution >= 0.6 is 15.9 Å². The Labute approximate surface area is 122 Å². The van der Waals surface area contributed by atoms with Crippen molar-refractivity contribution in [1.82, 2.24) is 0 Å². The van der Waals surface area contributed by atoms with Crippen LogP contribution in [-0.4, -0.2) is 12.9 Å². The molecule has 2 aromatic rings. The Morgan fingerprint density at radius 1 is 1.15 bits per heavy atom. The Morgan fingerprint density at radius 3 is 2.45 bits per heavy atom. The molecule has 0 heterocycles. The third kappa shape index (κ3) is 2.65. The van der Waals surface area contributed by atoms with E-state index in [9.17, 15) is 13.6 Å². The predicted octanol–water partition coefficient (Wildman–Crippen LogP) is 3.55. The number of carbonyl (C=O) groups is 1. The lowest BCUT2D eigenvalue weighted by Gasteiger charge is -2.08. The van der Waals surface area contributed by atoms with Gasteiger partial charge in [0.05, 0.1) is 18.4 Å². The summed E-state index contributed by atoms with van der Waals surface area (Å²) in [6, 6.07) is 6.13. The number of methoxy groups -OCH3 is 1. The van der Waals surface area contributed by atoms with Gasteiger partial charge in [-0.1, -0.05) is 0 Å². The average molecular weight is 342 g/mol. The number of hydrogen-bond acceptors (Lipinski definition) is 3. The van der Waals surface area contributed by atoms with Crippen LogP contribution in [0.25, 0.3) is 0 Å². The molecule has 0 saturated heterocycles. The van der Waals surface area contributed by atoms with Gasteiger partial charge in [0.2, 0.25) is 0 Å². The second-order valence-electron chi connectivity index (χ2n) is 4.03. The highest BCUT2D eigenvalue weighted by molar-refractivity contribution is 9.10. The van der Waals surface area contributed by atoms with Crippen LogP contribution in [0.15, 0.2) is 34.8 Å². The molecule has 0 aliphatic heterocycles. The molecular weight excluding hydrogens is 332 g/mol. The molecule has 0 fully saturated rings. The number of hydrogen-bond donors (Lipinski definition) is 1. The van der Waals surface area contributed by atoms with Gasteiger partial charge in [-0.25, -0.2) is 8.78 Å². The summed E-state index contributed by atoms with van der Waals surface area (Å²) in [4.78, 5) is 12.3. The molecule has 6 heteroatoms. The van der Waals surface area contributed by atoms with Gasteiger partial charge in [0.15, 0.2) is 5.78 Å². The molecule has 104 valence electrons. The number of ketones is 1. The van der Waals surface area contributed by atoms with E-state index in [4.69, 9.17) is 10.5 Å². The van der Waals surface area contributed by atoms with Crippen molar-refractivity contribution in [2.45, 2.75) is 0 Å². The first-order valence-corrected chi connectivity index (χ1v) is 6.36. The first-order valence-electron chi connectivity index (χ1n) is 5.56. The van der Waals surface area contributed by atoms with Crippen molar-refractivity contribution in [2.24, 2.45) is 0 Å². The van der Waals surface area contributed by atoms with Crippen LogP contribution in [0.5, 0.6) is 5.75 Å². The summed E-state index contributed by atoms with van der Waals surface area (Å²) in [5.41, 5.74) is 5.20. The fraction of sp³-hybridized carbons (Fsp3) is 0.0714. The normalized spacial score (nSPS) is 10.4. The van der Waals surface area contributed by atoms with Crippen molar-refractivity contribution in [1.29, 1.82) is 0 Å². The summed E-state index contributed by atoms with van der Waals surface area (Å²) in [5, 5.41) is 0. The van der Waals surface area contributed by atoms with Gasteiger partial charge in [-0.05, 0) is 40.2 Å². The van der Waals surface area contributed by atoms with Crippen LogP contribution in [0.4, 0.5) is 14.5 Å². The average Bonchev–Trinajstić information content (AvgIpc) is 2.42. The Kier molecular flexibility index (Phi) is 4.04. The third-order valence-corrected chi connectivity index (χ3v) is 3.41. The predicted molar refractivity (Wildman–Crippen MR) is 74.9 cm³/mol. The van der Waals surface area contributed by atoms with Gasteiger partial charge in [0.25, 0.3) is 0 Å². The van der Waals surface area contributed by atoms with Crippen LogP contribution < -0.4 is 10.5 Å². The molecule has 2 aromatic carbocycles. The topological polar surface area (TPSA) is 52.3 Å². The van der Waals surface area contributed by atoms with E-state index < -0.39 is 17.4 Å². The van der Waals surface area contributed by atoms with Crippen LogP contribution in [0, 0.1) is 11.6 Å². The Balaban J connectivity index is 2.49. The van der Waals surface area contributed by atoms with E-state index in [0.717, 1.165) is 12.1 Å². The number of halogens is 3. The molecule has 0 amide bonds. The van der Waals surface area contributed by atoms with Crippen LogP contribution in [-0.2, 0) is 0 Å². The van der Waals surface area contributed by atoms with Crippen molar-refractivity contribution in [3.63, 3.8) is 0 Å². The molecule has 0 saturated carbocycles. The molecule has 0 radical (unpaired) electrons. The second kappa shape index (κ2) is 5.58. The summed E-state index contributed by atoms with van der Waals surface area (Å²) < 4.78 is 32.2. The molecule has 0 aliphatic carbocycles. The fourth-order valence-corrected chi connectivity index (χ4v) is 2.19. The number of ether oxygens (including phenoxy) is 1. The number of benzene rings is 2. The lowest BCUT2D eigenvalue weighted by Crippen LogP contribution is -2.07. The van der Waals surface area contributed by atoms with Gasteiger partial charge in [-0.15, -0.1) is 0 Å². The molecule has 0 aromatic heterocycles. The lowest BCUT2D eigenvalue weighted by atomic mass is 10.0. The Morgan fingerprint density at radius 2 is 1.85 bits per heavy atom. The van der Waals surface area contributed by atoms with Crippen molar-refractivity contribution >= 4 is 27.4 Å². The highest BCUT2D eigenvalue weighted by Gasteiger charge is 2.19. The molecular formula is C14H10BrF2NO2. The minimum atomic E-state index is -0.718. The third-order valence-electron chi connectivity index (χ3n) is 2.75. The van der Waals surface area contributed by atoms with Crippen molar-refractivity contribution in [2.75, 3.05) is 12.8 Å². The number of nitrogens with two attached hydrogens (primary N) is 1. The van der Waals surface area contributed by atoms with Gasteiger partial charge < -0.3 is 10.5 Å². The van der Waals surface area contributed by atoms with E-state index in [2.05, 4.69) is 15.9 Å². The van der Waals surface area contributed by atoms with Gasteiger partial charge in [-0.2, -0.15) is 0 Å². The highest BCUT2D eigenvalue weighted by Crippen LogP contribution is 2.27. The molecule has 2 rings (SSSR count). The van der Waals surface area contributed by atoms with Gasteiger partial charge in [-0.3, -0.25) is 4.79 Å². The van der Waals surface area contributed by atoms with E-state index in [1.807, 2.05) is 0 Å². The van der Waals surface area contributed by atoms with Crippen molar-refractivity contribution in [3.8, 4) is 5.75 Å². The summed E-state index contributed by atoms with van der Waals surface area (Å²) in [7, 11) is 1.40. The largest absolute Gasteiger partial charge is 0.497 e. The van der Waals surface area contributed by atoms with Crippen molar-refractivity contribution in [3.05, 3.63) is 57.6 Å². The summed E-state index contributed by atoms with van der Waals surface area (Å²) in [6.07, 6.45) is 0. The minimum Gasteiger partial charge on any atom is -0.497 e. The standard InChI is InChI=1S/C14H10BrF2NO2/c1-20-7-2-3-8(11(16)4-7)14(19)9-5-13(18)12(17)6-10(9)15/h2-6H,18H2,1H3. The quantitative estimate of drug-likeness (QED) is 0.686. The van der Waals surface area contributed by atoms with E-state index in [1.165, 1.54) is 25.3 Å². The van der Waals surface area contributed by atoms with Gasteiger partial charge in [0, 0.05) is 16.1 Å². The number of carbonyl (C=O) groups excluding carboxylic acids is 1. The summed E-state index contributed by atoms with van der Waals surface area (Å²) >= 11 is 3.07. The zero-order chi connectivity index (χ0) is 14.9. The number of rotatable bonds is 3. The van der Waals surface area contributed by atoms with Gasteiger partial charge in [0.1, 0.15) is 17.4 Å². The first-order chi connectivity index (χ1) is 9.43. The lowest BCUT2D eigenvalue weighted by molar-refractivity contribution is 0.103. The number of anilines is 1. The van der Waals surface area contributed by atoms with Gasteiger partial charge >= 0.3 is 0 Å². The molecule has 3 nitrogen and oxygen atoms in total. The van der Waals surface area contributed by atoms with Crippen LogP contribution in [0.3, 0.4) is 0 Å². The first kappa shape index (κ1) is 14.5. The fourth-order valence-electron chi connectivity index (χ4n) is 1.69. The van der Waals surface area contributed by atoms with Crippen LogP contribution in [0.2, 0.25) is 0 Å². The van der Waals surface area contributed by atoms with Crippen molar-refractivity contribution < 1.29 is 18.3 Å². The molecule has 0 bridgehead atoms. The minimum absolute atomic E-state index is 0.0907. The maximum Gasteiger partial charge on any atom is 0.197 e. The zero-order valence-corrected chi connectivity index (χ0v) is 12.0. The maximum atomic E-state index is 13.9. The molecule has 0 atom stereocenters. The zero-order valence-electron chi connectivity index (χ0n) is 10.4. The summed E-state index contributed by atoms with van der Waals surface area (Å²) in [6.45, 7) is 0. The molecule has 0 spiro atoms. The monoisotopic (exact) mass is 341 g/mol. The second-order valence-corrected chi connectivity index (χ2v) is 4.88. The maximum absolute atomic E-state index is 13.9. The van der Waals surface area contributed by atoms with Crippen LogP contribution in [0.1, 0.15) is 15.9 Å².